The number of amides is 3. The zero-order valence-electron chi connectivity index (χ0n) is 15.1. The van der Waals surface area contributed by atoms with Crippen LogP contribution in [0.2, 0.25) is 0 Å². The second-order valence-electron chi connectivity index (χ2n) is 6.96. The summed E-state index contributed by atoms with van der Waals surface area (Å²) in [6.45, 7) is 2.86. The van der Waals surface area contributed by atoms with E-state index in [1.165, 1.54) is 0 Å². The Bertz CT molecular complexity index is 974. The topological polar surface area (TPSA) is 125 Å². The normalized spacial score (nSPS) is 21.8. The lowest BCUT2D eigenvalue weighted by Gasteiger charge is -2.27. The van der Waals surface area contributed by atoms with Gasteiger partial charge >= 0.3 is 6.03 Å². The minimum atomic E-state index is -0.536. The van der Waals surface area contributed by atoms with Gasteiger partial charge in [-0.15, -0.1) is 0 Å². The van der Waals surface area contributed by atoms with Gasteiger partial charge in [-0.3, -0.25) is 10.1 Å². The number of nitrogens with one attached hydrogen (secondary N) is 4. The molecule has 11 heteroatoms. The number of hydrogen-bond acceptors (Lipinski definition) is 8. The van der Waals surface area contributed by atoms with Crippen molar-refractivity contribution in [3.8, 4) is 0 Å². The molecule has 0 aromatic carbocycles. The number of rotatable bonds is 5. The van der Waals surface area contributed by atoms with Crippen LogP contribution in [0.4, 0.5) is 16.4 Å². The van der Waals surface area contributed by atoms with Crippen LogP contribution in [0.1, 0.15) is 18.4 Å². The molecule has 3 amide bonds. The van der Waals surface area contributed by atoms with Gasteiger partial charge in [0.05, 0.1) is 19.4 Å². The summed E-state index contributed by atoms with van der Waals surface area (Å²) in [7, 11) is 0. The summed E-state index contributed by atoms with van der Waals surface area (Å²) in [6.07, 6.45) is 5.46. The van der Waals surface area contributed by atoms with Gasteiger partial charge in [-0.2, -0.15) is 9.61 Å². The van der Waals surface area contributed by atoms with Crippen molar-refractivity contribution < 1.29 is 14.3 Å². The van der Waals surface area contributed by atoms with Gasteiger partial charge in [0.25, 0.3) is 5.91 Å². The van der Waals surface area contributed by atoms with Crippen LogP contribution in [0.15, 0.2) is 18.0 Å². The Hall–Kier alpha value is -3.18. The number of hydrogen-bond donors (Lipinski definition) is 4. The van der Waals surface area contributed by atoms with Crippen LogP contribution >= 0.6 is 0 Å². The van der Waals surface area contributed by atoms with Gasteiger partial charge in [-0.25, -0.2) is 14.8 Å². The zero-order chi connectivity index (χ0) is 19.1. The van der Waals surface area contributed by atoms with E-state index in [-0.39, 0.29) is 5.70 Å². The molecule has 0 spiro atoms. The van der Waals surface area contributed by atoms with Gasteiger partial charge in [0.2, 0.25) is 0 Å². The van der Waals surface area contributed by atoms with E-state index < -0.39 is 11.9 Å². The number of nitrogens with zero attached hydrogens (tertiary/aromatic N) is 4. The van der Waals surface area contributed by atoms with Gasteiger partial charge in [0.15, 0.2) is 5.65 Å². The first-order valence-electron chi connectivity index (χ1n) is 9.24. The van der Waals surface area contributed by atoms with Crippen molar-refractivity contribution in [1.29, 1.82) is 0 Å². The largest absolute Gasteiger partial charge is 0.379 e. The van der Waals surface area contributed by atoms with Crippen LogP contribution in [-0.2, 0) is 9.53 Å². The van der Waals surface area contributed by atoms with E-state index in [4.69, 9.17) is 4.74 Å². The molecule has 28 heavy (non-hydrogen) atoms. The molecule has 3 fully saturated rings. The molecular formula is C17H20N8O3. The number of hydrazine groups is 1. The Labute approximate surface area is 160 Å². The van der Waals surface area contributed by atoms with Gasteiger partial charge in [-0.05, 0) is 18.9 Å². The lowest BCUT2D eigenvalue weighted by molar-refractivity contribution is -0.115. The molecule has 5 rings (SSSR count). The van der Waals surface area contributed by atoms with Gasteiger partial charge in [-0.1, -0.05) is 0 Å². The fourth-order valence-electron chi connectivity index (χ4n) is 3.15. The molecule has 0 unspecified atom stereocenters. The van der Waals surface area contributed by atoms with E-state index in [2.05, 4.69) is 36.5 Å². The second-order valence-corrected chi connectivity index (χ2v) is 6.96. The standard InChI is InChI=1S/C17H20N8O3/c26-16-12(20-17(27)22-16)7-10-9-18-25-14(19-11-1-2-11)8-13(21-15(10)25)23-24-3-5-28-6-4-24/h7-9,11,19H,1-6H2,(H,21,23)(H2,20,22,26,27)/b12-7-. The number of morpholine rings is 1. The maximum absolute atomic E-state index is 11.8. The molecule has 146 valence electrons. The van der Waals surface area contributed by atoms with Gasteiger partial charge in [0, 0.05) is 30.8 Å². The summed E-state index contributed by atoms with van der Waals surface area (Å²) in [4.78, 5) is 27.9. The molecule has 1 aliphatic carbocycles. The molecule has 2 saturated heterocycles. The highest BCUT2D eigenvalue weighted by molar-refractivity contribution is 6.14. The molecule has 0 bridgehead atoms. The molecule has 4 heterocycles. The highest BCUT2D eigenvalue weighted by Gasteiger charge is 2.25. The monoisotopic (exact) mass is 384 g/mol. The smallest absolute Gasteiger partial charge is 0.326 e. The van der Waals surface area contributed by atoms with Gasteiger partial charge in [0.1, 0.15) is 17.3 Å². The van der Waals surface area contributed by atoms with Crippen molar-refractivity contribution in [3.05, 3.63) is 23.5 Å². The highest BCUT2D eigenvalue weighted by atomic mass is 16.5. The molecule has 2 aliphatic heterocycles. The summed E-state index contributed by atoms with van der Waals surface area (Å²) in [5, 5.41) is 14.6. The maximum atomic E-state index is 11.8. The molecule has 11 nitrogen and oxygen atoms in total. The second kappa shape index (κ2) is 6.77. The first-order chi connectivity index (χ1) is 13.7. The van der Waals surface area contributed by atoms with Crippen LogP contribution in [-0.4, -0.2) is 63.9 Å². The number of fused-ring (bicyclic) bond motifs is 1. The first-order valence-corrected chi connectivity index (χ1v) is 9.24. The zero-order valence-corrected chi connectivity index (χ0v) is 15.1. The average Bonchev–Trinajstić information content (AvgIpc) is 3.32. The third-order valence-corrected chi connectivity index (χ3v) is 4.73. The lowest BCUT2D eigenvalue weighted by atomic mass is 10.2. The van der Waals surface area contributed by atoms with Crippen molar-refractivity contribution in [2.75, 3.05) is 37.0 Å². The molecule has 2 aromatic heterocycles. The van der Waals surface area contributed by atoms with Crippen LogP contribution < -0.4 is 21.4 Å². The van der Waals surface area contributed by atoms with Crippen LogP contribution in [0.25, 0.3) is 11.7 Å². The van der Waals surface area contributed by atoms with Crippen LogP contribution in [0.5, 0.6) is 0 Å². The number of imide groups is 1. The fourth-order valence-corrected chi connectivity index (χ4v) is 3.15. The van der Waals surface area contributed by atoms with Crippen molar-refractivity contribution >= 4 is 35.3 Å². The number of anilines is 2. The molecule has 1 saturated carbocycles. The van der Waals surface area contributed by atoms with Gasteiger partial charge < -0.3 is 20.8 Å². The number of ether oxygens (including phenoxy) is 1. The fraction of sp³-hybridized carbons (Fsp3) is 0.412. The summed E-state index contributed by atoms with van der Waals surface area (Å²) in [6, 6.07) is 1.83. The van der Waals surface area contributed by atoms with E-state index >= 15 is 0 Å². The summed E-state index contributed by atoms with van der Waals surface area (Å²) in [5.41, 5.74) is 4.72. The SMILES string of the molecule is O=C1NC(=O)/C(=C/c2cnn3c(NC4CC4)cc(NN4CCOCC4)nc23)N1. The van der Waals surface area contributed by atoms with Crippen LogP contribution in [0.3, 0.4) is 0 Å². The average molecular weight is 384 g/mol. The van der Waals surface area contributed by atoms with E-state index in [0.29, 0.717) is 36.3 Å². The molecule has 0 radical (unpaired) electrons. The third kappa shape index (κ3) is 3.37. The summed E-state index contributed by atoms with van der Waals surface area (Å²) >= 11 is 0. The molecular weight excluding hydrogens is 364 g/mol. The number of aromatic nitrogens is 3. The van der Waals surface area contributed by atoms with Crippen molar-refractivity contribution in [2.24, 2.45) is 0 Å². The maximum Gasteiger partial charge on any atom is 0.326 e. The first kappa shape index (κ1) is 17.0. The van der Waals surface area contributed by atoms with E-state index in [1.807, 2.05) is 6.07 Å². The Kier molecular flexibility index (Phi) is 4.10. The minimum Gasteiger partial charge on any atom is -0.379 e. The Morgan fingerprint density at radius 1 is 1.21 bits per heavy atom. The quantitative estimate of drug-likeness (QED) is 0.424. The highest BCUT2D eigenvalue weighted by Crippen LogP contribution is 2.27. The van der Waals surface area contributed by atoms with Crippen molar-refractivity contribution in [3.63, 3.8) is 0 Å². The molecule has 0 atom stereocenters. The number of carbonyl (C=O) groups is 2. The van der Waals surface area contributed by atoms with E-state index in [0.717, 1.165) is 31.7 Å². The Morgan fingerprint density at radius 3 is 2.75 bits per heavy atom. The summed E-state index contributed by atoms with van der Waals surface area (Å²) in [5.74, 6) is 1.04. The predicted octanol–water partition coefficient (Wildman–Crippen LogP) is 0.143. The predicted molar refractivity (Wildman–Crippen MR) is 100 cm³/mol. The Balaban J connectivity index is 1.52. The van der Waals surface area contributed by atoms with E-state index in [9.17, 15) is 9.59 Å². The molecule has 4 N–H and O–H groups in total. The van der Waals surface area contributed by atoms with Crippen molar-refractivity contribution in [2.45, 2.75) is 18.9 Å². The molecule has 3 aliphatic rings. The van der Waals surface area contributed by atoms with Crippen LogP contribution in [0, 0.1) is 0 Å². The lowest BCUT2D eigenvalue weighted by Crippen LogP contribution is -2.40. The number of urea groups is 1. The van der Waals surface area contributed by atoms with Crippen molar-refractivity contribution in [1.82, 2.24) is 30.2 Å². The Morgan fingerprint density at radius 2 is 2.04 bits per heavy atom. The third-order valence-electron chi connectivity index (χ3n) is 4.73. The number of carbonyl (C=O) groups excluding carboxylic acids is 2. The molecule has 2 aromatic rings. The minimum absolute atomic E-state index is 0.171. The summed E-state index contributed by atoms with van der Waals surface area (Å²) < 4.78 is 7.10. The van der Waals surface area contributed by atoms with E-state index in [1.54, 1.807) is 16.8 Å².